The molecule has 0 radical (unpaired) electrons. The van der Waals surface area contributed by atoms with E-state index in [2.05, 4.69) is 22.0 Å². The van der Waals surface area contributed by atoms with Crippen molar-refractivity contribution >= 4 is 40.7 Å². The zero-order valence-electron chi connectivity index (χ0n) is 21.4. The van der Waals surface area contributed by atoms with Gasteiger partial charge >= 0.3 is 5.97 Å². The van der Waals surface area contributed by atoms with Crippen molar-refractivity contribution in [3.05, 3.63) is 89.6 Å². The van der Waals surface area contributed by atoms with E-state index in [-0.39, 0.29) is 17.7 Å². The highest BCUT2D eigenvalue weighted by Crippen LogP contribution is 2.37. The molecule has 5 rings (SSSR count). The number of rotatable bonds is 6. The Hall–Kier alpha value is -3.40. The van der Waals surface area contributed by atoms with E-state index in [4.69, 9.17) is 25.8 Å². The van der Waals surface area contributed by atoms with Crippen LogP contribution in [-0.2, 0) is 14.3 Å². The molecule has 1 atom stereocenters. The number of hydrogen-bond acceptors (Lipinski definition) is 8. The third kappa shape index (κ3) is 5.01. The molecule has 0 spiro atoms. The van der Waals surface area contributed by atoms with Gasteiger partial charge < -0.3 is 19.1 Å². The molecular formula is C28H28ClN3O5S. The van der Waals surface area contributed by atoms with Crippen molar-refractivity contribution in [1.82, 2.24) is 4.57 Å². The van der Waals surface area contributed by atoms with Gasteiger partial charge in [-0.2, -0.15) is 0 Å². The van der Waals surface area contributed by atoms with E-state index in [0.717, 1.165) is 24.3 Å². The van der Waals surface area contributed by atoms with Crippen molar-refractivity contribution < 1.29 is 19.0 Å². The lowest BCUT2D eigenvalue weighted by Crippen LogP contribution is -2.40. The van der Waals surface area contributed by atoms with Gasteiger partial charge in [0.15, 0.2) is 4.80 Å². The van der Waals surface area contributed by atoms with Gasteiger partial charge in [0.05, 0.1) is 42.7 Å². The lowest BCUT2D eigenvalue weighted by molar-refractivity contribution is -0.139. The molecular weight excluding hydrogens is 526 g/mol. The van der Waals surface area contributed by atoms with E-state index in [9.17, 15) is 9.59 Å². The first-order valence-corrected chi connectivity index (χ1v) is 13.6. The van der Waals surface area contributed by atoms with Crippen molar-refractivity contribution in [3.63, 3.8) is 0 Å². The van der Waals surface area contributed by atoms with Gasteiger partial charge in [-0.1, -0.05) is 35.1 Å². The SMILES string of the molecule is CCOC(=O)C1=C(C)N=c2s/c(=C\c3ccc(N4CCOCC4)cc3)c(=O)n2[C@H]1c1cc(Cl)ccc1OC. The summed E-state index contributed by atoms with van der Waals surface area (Å²) in [5, 5.41) is 0.459. The molecule has 0 aliphatic carbocycles. The number of benzene rings is 2. The first kappa shape index (κ1) is 26.2. The number of ether oxygens (including phenoxy) is 3. The molecule has 10 heteroatoms. The fourth-order valence-corrected chi connectivity index (χ4v) is 5.99. The third-order valence-corrected chi connectivity index (χ3v) is 7.79. The summed E-state index contributed by atoms with van der Waals surface area (Å²) < 4.78 is 18.4. The van der Waals surface area contributed by atoms with Gasteiger partial charge in [-0.05, 0) is 55.8 Å². The van der Waals surface area contributed by atoms with Crippen LogP contribution in [0, 0.1) is 0 Å². The normalized spacial score (nSPS) is 17.7. The molecule has 198 valence electrons. The van der Waals surface area contributed by atoms with Crippen molar-refractivity contribution in [2.75, 3.05) is 44.9 Å². The summed E-state index contributed by atoms with van der Waals surface area (Å²) in [6, 6.07) is 12.4. The Morgan fingerprint density at radius 3 is 2.63 bits per heavy atom. The van der Waals surface area contributed by atoms with Crippen LogP contribution in [0.3, 0.4) is 0 Å². The maximum Gasteiger partial charge on any atom is 0.338 e. The van der Waals surface area contributed by atoms with Crippen molar-refractivity contribution in [2.45, 2.75) is 19.9 Å². The largest absolute Gasteiger partial charge is 0.496 e. The fraction of sp³-hybridized carbons (Fsp3) is 0.321. The zero-order valence-corrected chi connectivity index (χ0v) is 23.0. The molecule has 1 fully saturated rings. The van der Waals surface area contributed by atoms with Crippen LogP contribution in [0.15, 0.2) is 63.5 Å². The van der Waals surface area contributed by atoms with Crippen LogP contribution in [0.1, 0.15) is 31.0 Å². The second kappa shape index (κ2) is 11.1. The number of aromatic nitrogens is 1. The third-order valence-electron chi connectivity index (χ3n) is 6.57. The van der Waals surface area contributed by atoms with Crippen LogP contribution in [0.5, 0.6) is 5.75 Å². The maximum absolute atomic E-state index is 13.8. The Bertz CT molecular complexity index is 1570. The van der Waals surface area contributed by atoms with Crippen LogP contribution in [0.25, 0.3) is 6.08 Å². The average Bonchev–Trinajstić information content (AvgIpc) is 3.23. The van der Waals surface area contributed by atoms with Crippen molar-refractivity contribution in [3.8, 4) is 5.75 Å². The number of allylic oxidation sites excluding steroid dienone is 1. The number of methoxy groups -OCH3 is 1. The number of carbonyl (C=O) groups excluding carboxylic acids is 1. The Morgan fingerprint density at radius 1 is 1.21 bits per heavy atom. The molecule has 0 unspecified atom stereocenters. The smallest absolute Gasteiger partial charge is 0.338 e. The van der Waals surface area contributed by atoms with Crippen molar-refractivity contribution in [2.24, 2.45) is 4.99 Å². The molecule has 2 aliphatic heterocycles. The molecule has 0 amide bonds. The Balaban J connectivity index is 1.63. The van der Waals surface area contributed by atoms with Gasteiger partial charge in [-0.15, -0.1) is 0 Å². The summed E-state index contributed by atoms with van der Waals surface area (Å²) in [6.07, 6.45) is 1.85. The molecule has 3 aromatic rings. The van der Waals surface area contributed by atoms with Gasteiger partial charge in [-0.25, -0.2) is 9.79 Å². The predicted molar refractivity (Wildman–Crippen MR) is 148 cm³/mol. The molecule has 0 saturated carbocycles. The lowest BCUT2D eigenvalue weighted by Gasteiger charge is -2.28. The van der Waals surface area contributed by atoms with E-state index in [1.807, 2.05) is 18.2 Å². The van der Waals surface area contributed by atoms with Gasteiger partial charge in [0.2, 0.25) is 0 Å². The quantitative estimate of drug-likeness (QED) is 0.436. The summed E-state index contributed by atoms with van der Waals surface area (Å²) in [5.74, 6) is -0.0297. The second-order valence-electron chi connectivity index (χ2n) is 8.88. The molecule has 1 saturated heterocycles. The molecule has 0 N–H and O–H groups in total. The number of hydrogen-bond donors (Lipinski definition) is 0. The summed E-state index contributed by atoms with van der Waals surface area (Å²) in [5.41, 5.74) is 3.10. The highest BCUT2D eigenvalue weighted by molar-refractivity contribution is 7.07. The van der Waals surface area contributed by atoms with Gasteiger partial charge in [-0.3, -0.25) is 9.36 Å². The van der Waals surface area contributed by atoms with E-state index >= 15 is 0 Å². The number of thiazole rings is 1. The monoisotopic (exact) mass is 553 g/mol. The van der Waals surface area contributed by atoms with Gasteiger partial charge in [0.1, 0.15) is 11.8 Å². The van der Waals surface area contributed by atoms with E-state index < -0.39 is 12.0 Å². The van der Waals surface area contributed by atoms with Crippen LogP contribution in [0.2, 0.25) is 5.02 Å². The summed E-state index contributed by atoms with van der Waals surface area (Å²) in [6.45, 7) is 6.82. The number of nitrogens with zero attached hydrogens (tertiary/aromatic N) is 3. The number of carbonyl (C=O) groups is 1. The average molecular weight is 554 g/mol. The van der Waals surface area contributed by atoms with Crippen LogP contribution >= 0.6 is 22.9 Å². The first-order chi connectivity index (χ1) is 18.4. The van der Waals surface area contributed by atoms with E-state index in [1.165, 1.54) is 23.0 Å². The number of halogens is 1. The Labute approximate surface area is 229 Å². The summed E-state index contributed by atoms with van der Waals surface area (Å²) in [7, 11) is 1.54. The number of anilines is 1. The van der Waals surface area contributed by atoms with Gasteiger partial charge in [0.25, 0.3) is 5.56 Å². The predicted octanol–water partition coefficient (Wildman–Crippen LogP) is 3.30. The standard InChI is InChI=1S/C28H28ClN3O5S/c1-4-37-27(34)24-17(2)30-28-32(25(24)21-16-19(29)7-10-22(21)35-3)26(33)23(38-28)15-18-5-8-20(9-6-18)31-11-13-36-14-12-31/h5-10,15-16,25H,4,11-14H2,1-3H3/b23-15-/t25-/m0/s1. The molecule has 3 heterocycles. The van der Waals surface area contributed by atoms with Gasteiger partial charge in [0, 0.05) is 29.4 Å². The topological polar surface area (TPSA) is 82.4 Å². The van der Waals surface area contributed by atoms with E-state index in [0.29, 0.717) is 44.6 Å². The summed E-state index contributed by atoms with van der Waals surface area (Å²) in [4.78, 5) is 34.4. The summed E-state index contributed by atoms with van der Waals surface area (Å²) >= 11 is 7.63. The minimum absolute atomic E-state index is 0.194. The molecule has 38 heavy (non-hydrogen) atoms. The van der Waals surface area contributed by atoms with Crippen LogP contribution in [0.4, 0.5) is 5.69 Å². The maximum atomic E-state index is 13.8. The number of fused-ring (bicyclic) bond motifs is 1. The highest BCUT2D eigenvalue weighted by Gasteiger charge is 2.35. The minimum atomic E-state index is -0.801. The number of morpholine rings is 1. The minimum Gasteiger partial charge on any atom is -0.496 e. The molecule has 2 aliphatic rings. The molecule has 8 nitrogen and oxygen atoms in total. The molecule has 1 aromatic heterocycles. The van der Waals surface area contributed by atoms with Crippen LogP contribution < -0.4 is 24.5 Å². The van der Waals surface area contributed by atoms with E-state index in [1.54, 1.807) is 32.0 Å². The molecule has 0 bridgehead atoms. The zero-order chi connectivity index (χ0) is 26.8. The van der Waals surface area contributed by atoms with Crippen LogP contribution in [-0.4, -0.2) is 50.6 Å². The molecule has 2 aromatic carbocycles. The lowest BCUT2D eigenvalue weighted by atomic mass is 9.95. The fourth-order valence-electron chi connectivity index (χ4n) is 4.76. The van der Waals surface area contributed by atoms with Crippen molar-refractivity contribution in [1.29, 1.82) is 0 Å². The highest BCUT2D eigenvalue weighted by atomic mass is 35.5. The Morgan fingerprint density at radius 2 is 1.95 bits per heavy atom. The first-order valence-electron chi connectivity index (χ1n) is 12.4. The Kier molecular flexibility index (Phi) is 7.69. The number of esters is 1. The second-order valence-corrected chi connectivity index (χ2v) is 10.3.